The number of anilines is 1. The number of rotatable bonds is 6. The summed E-state index contributed by atoms with van der Waals surface area (Å²) in [6.45, 7) is 5.78. The van der Waals surface area contributed by atoms with E-state index < -0.39 is 0 Å². The summed E-state index contributed by atoms with van der Waals surface area (Å²) in [5, 5.41) is 5.91. The van der Waals surface area contributed by atoms with Gasteiger partial charge in [-0.1, -0.05) is 6.08 Å². The number of hydrogen-bond donors (Lipinski definition) is 2. The van der Waals surface area contributed by atoms with Crippen LogP contribution in [-0.4, -0.2) is 32.2 Å². The molecule has 0 aromatic heterocycles. The minimum Gasteiger partial charge on any atom is -0.486 e. The van der Waals surface area contributed by atoms with Gasteiger partial charge in [0.2, 0.25) is 5.91 Å². The predicted octanol–water partition coefficient (Wildman–Crippen LogP) is 1.56. The third-order valence-electron chi connectivity index (χ3n) is 2.67. The van der Waals surface area contributed by atoms with Crippen LogP contribution in [0.3, 0.4) is 0 Å². The molecule has 0 saturated heterocycles. The maximum Gasteiger partial charge on any atom is 0.222 e. The molecule has 0 saturated carbocycles. The normalized spacial score (nSPS) is 12.6. The first kappa shape index (κ1) is 13.3. The van der Waals surface area contributed by atoms with Crippen molar-refractivity contribution in [3.63, 3.8) is 0 Å². The summed E-state index contributed by atoms with van der Waals surface area (Å²) in [7, 11) is 0. The standard InChI is InChI=1S/C14H18N2O3/c1-2-6-16-14(17)5-7-15-11-3-4-12-13(10-11)19-9-8-18-12/h2-4,10,15H,1,5-9H2,(H,16,17). The van der Waals surface area contributed by atoms with E-state index in [1.807, 2.05) is 18.2 Å². The van der Waals surface area contributed by atoms with Crippen LogP contribution in [0.2, 0.25) is 0 Å². The third-order valence-corrected chi connectivity index (χ3v) is 2.67. The summed E-state index contributed by atoms with van der Waals surface area (Å²) in [5.74, 6) is 1.51. The van der Waals surface area contributed by atoms with E-state index in [0.29, 0.717) is 32.7 Å². The van der Waals surface area contributed by atoms with Gasteiger partial charge in [-0.05, 0) is 12.1 Å². The average molecular weight is 262 g/mol. The number of benzene rings is 1. The van der Waals surface area contributed by atoms with Gasteiger partial charge in [0.05, 0.1) is 0 Å². The van der Waals surface area contributed by atoms with Crippen molar-refractivity contribution in [2.45, 2.75) is 6.42 Å². The van der Waals surface area contributed by atoms with E-state index in [2.05, 4.69) is 17.2 Å². The molecule has 1 aliphatic heterocycles. The first-order valence-electron chi connectivity index (χ1n) is 6.30. The van der Waals surface area contributed by atoms with Crippen molar-refractivity contribution >= 4 is 11.6 Å². The predicted molar refractivity (Wildman–Crippen MR) is 73.7 cm³/mol. The number of ether oxygens (including phenoxy) is 2. The third kappa shape index (κ3) is 3.91. The fraction of sp³-hybridized carbons (Fsp3) is 0.357. The quantitative estimate of drug-likeness (QED) is 0.764. The topological polar surface area (TPSA) is 59.6 Å². The van der Waals surface area contributed by atoms with Gasteiger partial charge in [0.25, 0.3) is 0 Å². The molecule has 0 unspecified atom stereocenters. The van der Waals surface area contributed by atoms with Crippen molar-refractivity contribution in [1.29, 1.82) is 0 Å². The molecule has 5 heteroatoms. The fourth-order valence-electron chi connectivity index (χ4n) is 1.75. The van der Waals surface area contributed by atoms with Gasteiger partial charge in [0, 0.05) is 31.3 Å². The van der Waals surface area contributed by atoms with E-state index in [1.165, 1.54) is 0 Å². The highest BCUT2D eigenvalue weighted by atomic mass is 16.6. The first-order valence-corrected chi connectivity index (χ1v) is 6.30. The minimum atomic E-state index is 0.00458. The van der Waals surface area contributed by atoms with Gasteiger partial charge in [-0.25, -0.2) is 0 Å². The molecule has 2 N–H and O–H groups in total. The number of fused-ring (bicyclic) bond motifs is 1. The van der Waals surface area contributed by atoms with Crippen LogP contribution in [0.25, 0.3) is 0 Å². The second kappa shape index (κ2) is 6.68. The van der Waals surface area contributed by atoms with Gasteiger partial charge >= 0.3 is 0 Å². The molecule has 5 nitrogen and oxygen atoms in total. The zero-order valence-corrected chi connectivity index (χ0v) is 10.8. The largest absolute Gasteiger partial charge is 0.486 e. The number of nitrogens with one attached hydrogen (secondary N) is 2. The van der Waals surface area contributed by atoms with E-state index in [9.17, 15) is 4.79 Å². The molecule has 1 aliphatic rings. The van der Waals surface area contributed by atoms with Crippen molar-refractivity contribution < 1.29 is 14.3 Å². The number of amides is 1. The Morgan fingerprint density at radius 2 is 2.11 bits per heavy atom. The highest BCUT2D eigenvalue weighted by Crippen LogP contribution is 2.32. The molecule has 1 aromatic rings. The van der Waals surface area contributed by atoms with Crippen LogP contribution in [0.4, 0.5) is 5.69 Å². The maximum atomic E-state index is 11.4. The zero-order valence-electron chi connectivity index (χ0n) is 10.8. The summed E-state index contributed by atoms with van der Waals surface area (Å²) >= 11 is 0. The van der Waals surface area contributed by atoms with Crippen molar-refractivity contribution in [3.8, 4) is 11.5 Å². The fourth-order valence-corrected chi connectivity index (χ4v) is 1.75. The Bertz CT molecular complexity index is 460. The van der Waals surface area contributed by atoms with Crippen LogP contribution in [0.15, 0.2) is 30.9 Å². The van der Waals surface area contributed by atoms with Crippen LogP contribution < -0.4 is 20.1 Å². The number of carbonyl (C=O) groups is 1. The van der Waals surface area contributed by atoms with Gasteiger partial charge in [0.1, 0.15) is 13.2 Å². The van der Waals surface area contributed by atoms with Gasteiger partial charge < -0.3 is 20.1 Å². The van der Waals surface area contributed by atoms with Crippen LogP contribution in [0.1, 0.15) is 6.42 Å². The van der Waals surface area contributed by atoms with Crippen molar-refractivity contribution in [2.24, 2.45) is 0 Å². The summed E-state index contributed by atoms with van der Waals surface area (Å²) < 4.78 is 10.9. The van der Waals surface area contributed by atoms with Crippen LogP contribution >= 0.6 is 0 Å². The van der Waals surface area contributed by atoms with Gasteiger partial charge in [-0.3, -0.25) is 4.79 Å². The lowest BCUT2D eigenvalue weighted by molar-refractivity contribution is -0.120. The number of carbonyl (C=O) groups excluding carboxylic acids is 1. The van der Waals surface area contributed by atoms with Gasteiger partial charge in [0.15, 0.2) is 11.5 Å². The van der Waals surface area contributed by atoms with E-state index in [-0.39, 0.29) is 5.91 Å². The molecule has 2 rings (SSSR count). The second-order valence-electron chi connectivity index (χ2n) is 4.13. The molecule has 0 spiro atoms. The summed E-state index contributed by atoms with van der Waals surface area (Å²) in [4.78, 5) is 11.4. The van der Waals surface area contributed by atoms with Gasteiger partial charge in [-0.2, -0.15) is 0 Å². The molecule has 1 heterocycles. The first-order chi connectivity index (χ1) is 9.29. The van der Waals surface area contributed by atoms with Crippen molar-refractivity contribution in [2.75, 3.05) is 31.6 Å². The molecule has 0 fully saturated rings. The molecule has 0 bridgehead atoms. The van der Waals surface area contributed by atoms with E-state index in [4.69, 9.17) is 9.47 Å². The lowest BCUT2D eigenvalue weighted by Crippen LogP contribution is -2.25. The Morgan fingerprint density at radius 1 is 1.32 bits per heavy atom. The van der Waals surface area contributed by atoms with E-state index in [1.54, 1.807) is 6.08 Å². The van der Waals surface area contributed by atoms with Crippen LogP contribution in [0.5, 0.6) is 11.5 Å². The Hall–Kier alpha value is -2.17. The van der Waals surface area contributed by atoms with Crippen LogP contribution in [-0.2, 0) is 4.79 Å². The monoisotopic (exact) mass is 262 g/mol. The lowest BCUT2D eigenvalue weighted by Gasteiger charge is -2.19. The summed E-state index contributed by atoms with van der Waals surface area (Å²) in [5.41, 5.74) is 0.917. The number of hydrogen-bond acceptors (Lipinski definition) is 4. The zero-order chi connectivity index (χ0) is 13.5. The highest BCUT2D eigenvalue weighted by Gasteiger charge is 2.11. The molecule has 0 radical (unpaired) electrons. The molecule has 1 aromatic carbocycles. The Labute approximate surface area is 112 Å². The lowest BCUT2D eigenvalue weighted by atomic mass is 10.2. The van der Waals surface area contributed by atoms with E-state index in [0.717, 1.165) is 17.2 Å². The minimum absolute atomic E-state index is 0.00458. The van der Waals surface area contributed by atoms with Crippen molar-refractivity contribution in [3.05, 3.63) is 30.9 Å². The average Bonchev–Trinajstić information content (AvgIpc) is 2.45. The molecule has 0 atom stereocenters. The molecular formula is C14H18N2O3. The summed E-state index contributed by atoms with van der Waals surface area (Å²) in [6, 6.07) is 5.67. The molecule has 102 valence electrons. The molecule has 0 aliphatic carbocycles. The Morgan fingerprint density at radius 3 is 2.89 bits per heavy atom. The SMILES string of the molecule is C=CCNC(=O)CCNc1ccc2c(c1)OCCO2. The maximum absolute atomic E-state index is 11.4. The van der Waals surface area contributed by atoms with Crippen molar-refractivity contribution in [1.82, 2.24) is 5.32 Å². The molecule has 19 heavy (non-hydrogen) atoms. The summed E-state index contributed by atoms with van der Waals surface area (Å²) in [6.07, 6.45) is 2.08. The molecular weight excluding hydrogens is 244 g/mol. The second-order valence-corrected chi connectivity index (χ2v) is 4.13. The Kier molecular flexibility index (Phi) is 4.66. The van der Waals surface area contributed by atoms with Crippen LogP contribution in [0, 0.1) is 0 Å². The van der Waals surface area contributed by atoms with Gasteiger partial charge in [-0.15, -0.1) is 6.58 Å². The van der Waals surface area contributed by atoms with E-state index >= 15 is 0 Å². The highest BCUT2D eigenvalue weighted by molar-refractivity contribution is 5.76. The smallest absolute Gasteiger partial charge is 0.222 e. The Balaban J connectivity index is 1.80. The molecule has 1 amide bonds.